The third-order valence-corrected chi connectivity index (χ3v) is 3.76. The van der Waals surface area contributed by atoms with Crippen molar-refractivity contribution >= 4 is 27.9 Å². The summed E-state index contributed by atoms with van der Waals surface area (Å²) >= 11 is 0. The van der Waals surface area contributed by atoms with E-state index < -0.39 is 11.6 Å². The molecule has 0 fully saturated rings. The van der Waals surface area contributed by atoms with Crippen LogP contribution < -0.4 is 10.4 Å². The molecule has 0 aliphatic heterocycles. The van der Waals surface area contributed by atoms with E-state index in [-0.39, 0.29) is 0 Å². The van der Waals surface area contributed by atoms with Crippen molar-refractivity contribution < 1.29 is 18.4 Å². The van der Waals surface area contributed by atoms with Gasteiger partial charge in [-0.25, -0.2) is 9.59 Å². The van der Waals surface area contributed by atoms with E-state index in [2.05, 4.69) is 0 Å². The van der Waals surface area contributed by atoms with Gasteiger partial charge < -0.3 is 13.6 Å². The van der Waals surface area contributed by atoms with Gasteiger partial charge in [0, 0.05) is 12.1 Å². The Morgan fingerprint density at radius 3 is 2.67 bits per heavy atom. The Kier molecular flexibility index (Phi) is 3.20. The van der Waals surface area contributed by atoms with E-state index >= 15 is 0 Å². The fourth-order valence-electron chi connectivity index (χ4n) is 2.64. The van der Waals surface area contributed by atoms with Crippen LogP contribution in [0, 0.1) is 6.92 Å². The minimum Gasteiger partial charge on any atom is -0.464 e. The second-order valence-electron chi connectivity index (χ2n) is 5.46. The second kappa shape index (κ2) is 5.38. The molecule has 5 heteroatoms. The molecule has 0 atom stereocenters. The molecular formula is C19H12O5. The van der Waals surface area contributed by atoms with Crippen LogP contribution in [-0.4, -0.2) is 5.97 Å². The molecule has 5 nitrogen and oxygen atoms in total. The zero-order valence-electron chi connectivity index (χ0n) is 12.7. The quantitative estimate of drug-likeness (QED) is 0.316. The summed E-state index contributed by atoms with van der Waals surface area (Å²) in [5, 5.41) is 1.17. The zero-order chi connectivity index (χ0) is 16.7. The summed E-state index contributed by atoms with van der Waals surface area (Å²) in [4.78, 5) is 23.9. The predicted molar refractivity (Wildman–Crippen MR) is 88.4 cm³/mol. The zero-order valence-corrected chi connectivity index (χ0v) is 12.7. The van der Waals surface area contributed by atoms with Gasteiger partial charge in [-0.2, -0.15) is 0 Å². The molecule has 118 valence electrons. The summed E-state index contributed by atoms with van der Waals surface area (Å²) in [7, 11) is 0. The molecule has 4 aromatic rings. The SMILES string of the molecule is Cc1cccc(C(=O)Oc2c3ccoc3cc3oc(=O)ccc23)c1. The van der Waals surface area contributed by atoms with Crippen molar-refractivity contribution in [3.05, 3.63) is 76.3 Å². The Labute approximate surface area is 136 Å². The van der Waals surface area contributed by atoms with Crippen LogP contribution in [0.4, 0.5) is 0 Å². The number of aryl methyl sites for hydroxylation is 1. The number of hydrogen-bond acceptors (Lipinski definition) is 5. The van der Waals surface area contributed by atoms with Crippen LogP contribution in [0.25, 0.3) is 21.9 Å². The van der Waals surface area contributed by atoms with E-state index in [0.29, 0.717) is 33.3 Å². The summed E-state index contributed by atoms with van der Waals surface area (Å²) in [5.41, 5.74) is 1.70. The lowest BCUT2D eigenvalue weighted by Crippen LogP contribution is -2.09. The number of hydrogen-bond donors (Lipinski definition) is 0. The fourth-order valence-corrected chi connectivity index (χ4v) is 2.64. The second-order valence-corrected chi connectivity index (χ2v) is 5.46. The third-order valence-electron chi connectivity index (χ3n) is 3.76. The highest BCUT2D eigenvalue weighted by Gasteiger charge is 2.17. The molecule has 2 aromatic heterocycles. The number of carbonyl (C=O) groups excluding carboxylic acids is 1. The summed E-state index contributed by atoms with van der Waals surface area (Å²) in [6, 6.07) is 13.3. The number of rotatable bonds is 2. The molecule has 0 spiro atoms. The molecule has 2 aromatic carbocycles. The van der Waals surface area contributed by atoms with Crippen LogP contribution in [0.3, 0.4) is 0 Å². The molecule has 0 amide bonds. The van der Waals surface area contributed by atoms with Crippen molar-refractivity contribution in [2.45, 2.75) is 6.92 Å². The molecule has 0 saturated heterocycles. The van der Waals surface area contributed by atoms with Gasteiger partial charge in [0.2, 0.25) is 0 Å². The molecule has 0 aliphatic rings. The van der Waals surface area contributed by atoms with E-state index in [9.17, 15) is 9.59 Å². The van der Waals surface area contributed by atoms with Crippen molar-refractivity contribution in [1.29, 1.82) is 0 Å². The maximum absolute atomic E-state index is 12.5. The predicted octanol–water partition coefficient (Wildman–Crippen LogP) is 4.07. The van der Waals surface area contributed by atoms with Gasteiger partial charge in [0.15, 0.2) is 5.75 Å². The molecule has 0 radical (unpaired) electrons. The highest BCUT2D eigenvalue weighted by molar-refractivity contribution is 6.04. The number of fused-ring (bicyclic) bond motifs is 2. The minimum atomic E-state index is -0.486. The molecule has 2 heterocycles. The van der Waals surface area contributed by atoms with Crippen LogP contribution in [0.1, 0.15) is 15.9 Å². The summed E-state index contributed by atoms with van der Waals surface area (Å²) < 4.78 is 16.2. The number of carbonyl (C=O) groups is 1. The number of benzene rings is 2. The average Bonchev–Trinajstić information content (AvgIpc) is 3.02. The Morgan fingerprint density at radius 1 is 1.00 bits per heavy atom. The average molecular weight is 320 g/mol. The van der Waals surface area contributed by atoms with Crippen molar-refractivity contribution in [1.82, 2.24) is 0 Å². The first kappa shape index (κ1) is 14.3. The van der Waals surface area contributed by atoms with Gasteiger partial charge in [0.25, 0.3) is 0 Å². The van der Waals surface area contributed by atoms with E-state index in [0.717, 1.165) is 5.56 Å². The van der Waals surface area contributed by atoms with E-state index in [1.807, 2.05) is 13.0 Å². The first-order valence-electron chi connectivity index (χ1n) is 7.35. The molecule has 0 saturated carbocycles. The Morgan fingerprint density at radius 2 is 1.83 bits per heavy atom. The molecule has 0 N–H and O–H groups in total. The van der Waals surface area contributed by atoms with Crippen molar-refractivity contribution in [3.8, 4) is 5.75 Å². The number of ether oxygens (including phenoxy) is 1. The third kappa shape index (κ3) is 2.36. The van der Waals surface area contributed by atoms with Gasteiger partial charge in [0.1, 0.15) is 11.2 Å². The molecule has 0 bridgehead atoms. The Bertz CT molecular complexity index is 1130. The highest BCUT2D eigenvalue weighted by atomic mass is 16.5. The van der Waals surface area contributed by atoms with Gasteiger partial charge in [-0.1, -0.05) is 17.7 Å². The van der Waals surface area contributed by atoms with Crippen LogP contribution in [0.5, 0.6) is 5.75 Å². The van der Waals surface area contributed by atoms with Gasteiger partial charge in [-0.15, -0.1) is 0 Å². The minimum absolute atomic E-state index is 0.303. The normalized spacial score (nSPS) is 11.0. The molecule has 4 rings (SSSR count). The van der Waals surface area contributed by atoms with E-state index in [1.165, 1.54) is 12.3 Å². The Hall–Kier alpha value is -3.34. The maximum atomic E-state index is 12.5. The summed E-state index contributed by atoms with van der Waals surface area (Å²) in [6.07, 6.45) is 1.49. The topological polar surface area (TPSA) is 69.7 Å². The maximum Gasteiger partial charge on any atom is 0.343 e. The smallest absolute Gasteiger partial charge is 0.343 e. The van der Waals surface area contributed by atoms with Crippen LogP contribution in [0.15, 0.2) is 68.4 Å². The van der Waals surface area contributed by atoms with Crippen LogP contribution >= 0.6 is 0 Å². The standard InChI is InChI=1S/C19H12O5/c1-11-3-2-4-12(9-11)19(21)24-18-13-5-6-17(20)23-16(13)10-15-14(18)7-8-22-15/h2-10H,1H3. The largest absolute Gasteiger partial charge is 0.464 e. The fraction of sp³-hybridized carbons (Fsp3) is 0.0526. The highest BCUT2D eigenvalue weighted by Crippen LogP contribution is 2.35. The number of furan rings is 1. The van der Waals surface area contributed by atoms with E-state index in [4.69, 9.17) is 13.6 Å². The molecule has 0 aliphatic carbocycles. The number of esters is 1. The van der Waals surface area contributed by atoms with Crippen molar-refractivity contribution in [3.63, 3.8) is 0 Å². The summed E-state index contributed by atoms with van der Waals surface area (Å²) in [5.74, 6) is -0.175. The lowest BCUT2D eigenvalue weighted by molar-refractivity contribution is 0.0739. The van der Waals surface area contributed by atoms with Crippen LogP contribution in [-0.2, 0) is 0 Å². The molecule has 24 heavy (non-hydrogen) atoms. The lowest BCUT2D eigenvalue weighted by atomic mass is 10.1. The monoisotopic (exact) mass is 320 g/mol. The molecule has 0 unspecified atom stereocenters. The van der Waals surface area contributed by atoms with Gasteiger partial charge in [0.05, 0.1) is 22.6 Å². The van der Waals surface area contributed by atoms with E-state index in [1.54, 1.807) is 36.4 Å². The first-order valence-corrected chi connectivity index (χ1v) is 7.35. The van der Waals surface area contributed by atoms with Gasteiger partial charge >= 0.3 is 11.6 Å². The van der Waals surface area contributed by atoms with Crippen molar-refractivity contribution in [2.75, 3.05) is 0 Å². The first-order chi connectivity index (χ1) is 11.6. The van der Waals surface area contributed by atoms with Gasteiger partial charge in [-0.05, 0) is 31.2 Å². The summed E-state index contributed by atoms with van der Waals surface area (Å²) in [6.45, 7) is 1.90. The van der Waals surface area contributed by atoms with Gasteiger partial charge in [-0.3, -0.25) is 0 Å². The van der Waals surface area contributed by atoms with Crippen LogP contribution in [0.2, 0.25) is 0 Å². The lowest BCUT2D eigenvalue weighted by Gasteiger charge is -2.09. The Balaban J connectivity index is 1.89. The molecular weight excluding hydrogens is 308 g/mol. The van der Waals surface area contributed by atoms with Crippen molar-refractivity contribution in [2.24, 2.45) is 0 Å².